The van der Waals surface area contributed by atoms with Gasteiger partial charge in [0.05, 0.1) is 25.4 Å². The van der Waals surface area contributed by atoms with Crippen molar-refractivity contribution in [2.45, 2.75) is 52.4 Å². The Balaban J connectivity index is 1.64. The van der Waals surface area contributed by atoms with Crippen LogP contribution >= 0.6 is 0 Å². The largest absolute Gasteiger partial charge is 0.496 e. The van der Waals surface area contributed by atoms with Crippen LogP contribution in [0.25, 0.3) is 10.9 Å². The number of rotatable bonds is 7. The van der Waals surface area contributed by atoms with Crippen molar-refractivity contribution in [3.63, 3.8) is 0 Å². The highest BCUT2D eigenvalue weighted by Gasteiger charge is 2.52. The van der Waals surface area contributed by atoms with E-state index in [1.807, 2.05) is 42.5 Å². The van der Waals surface area contributed by atoms with E-state index in [4.69, 9.17) is 9.47 Å². The minimum Gasteiger partial charge on any atom is -0.496 e. The van der Waals surface area contributed by atoms with Crippen molar-refractivity contribution in [2.24, 2.45) is 11.8 Å². The van der Waals surface area contributed by atoms with Crippen LogP contribution in [0.4, 0.5) is 0 Å². The van der Waals surface area contributed by atoms with Gasteiger partial charge < -0.3 is 19.4 Å². The van der Waals surface area contributed by atoms with Crippen LogP contribution in [0.3, 0.4) is 0 Å². The molecule has 5 nitrogen and oxygen atoms in total. The average Bonchev–Trinajstić information content (AvgIpc) is 3.40. The SMILES string of the molecule is COc1cccc2[nH]c(C(=O)N3CC(OCc4ccccc4)CC3(C(C)C)C(C)C)cc12. The second kappa shape index (κ2) is 8.99. The van der Waals surface area contributed by atoms with Crippen molar-refractivity contribution in [3.05, 3.63) is 65.9 Å². The van der Waals surface area contributed by atoms with Crippen molar-refractivity contribution in [2.75, 3.05) is 13.7 Å². The van der Waals surface area contributed by atoms with Gasteiger partial charge >= 0.3 is 0 Å². The summed E-state index contributed by atoms with van der Waals surface area (Å²) in [5.41, 5.74) is 2.39. The zero-order valence-electron chi connectivity index (χ0n) is 19.7. The Kier molecular flexibility index (Phi) is 6.29. The minimum absolute atomic E-state index is 0.00266. The molecule has 1 unspecified atom stereocenters. The third-order valence-electron chi connectivity index (χ3n) is 7.09. The number of H-pyrrole nitrogens is 1. The fourth-order valence-corrected chi connectivity index (χ4v) is 5.41. The number of hydrogen-bond donors (Lipinski definition) is 1. The Bertz CT molecular complexity index is 1060. The normalized spacial score (nSPS) is 18.1. The lowest BCUT2D eigenvalue weighted by Gasteiger charge is -2.45. The predicted molar refractivity (Wildman–Crippen MR) is 128 cm³/mol. The molecule has 2 heterocycles. The molecule has 1 atom stereocenters. The van der Waals surface area contributed by atoms with Gasteiger partial charge in [-0.15, -0.1) is 0 Å². The summed E-state index contributed by atoms with van der Waals surface area (Å²) in [6, 6.07) is 18.0. The first kappa shape index (κ1) is 22.4. The lowest BCUT2D eigenvalue weighted by molar-refractivity contribution is 0.0286. The highest BCUT2D eigenvalue weighted by Crippen LogP contribution is 2.44. The summed E-state index contributed by atoms with van der Waals surface area (Å²) in [4.78, 5) is 19.2. The minimum atomic E-state index is -0.264. The first-order valence-corrected chi connectivity index (χ1v) is 11.5. The zero-order valence-corrected chi connectivity index (χ0v) is 19.7. The van der Waals surface area contributed by atoms with E-state index in [-0.39, 0.29) is 17.6 Å². The highest BCUT2D eigenvalue weighted by molar-refractivity contribution is 6.00. The lowest BCUT2D eigenvalue weighted by atomic mass is 9.74. The molecule has 1 aliphatic heterocycles. The van der Waals surface area contributed by atoms with Crippen LogP contribution in [0.2, 0.25) is 0 Å². The Morgan fingerprint density at radius 1 is 1.09 bits per heavy atom. The van der Waals surface area contributed by atoms with Gasteiger partial charge in [0, 0.05) is 17.4 Å². The molecule has 0 spiro atoms. The Hall–Kier alpha value is -2.79. The summed E-state index contributed by atoms with van der Waals surface area (Å²) in [5.74, 6) is 1.39. The molecule has 1 fully saturated rings. The molecule has 3 aromatic rings. The van der Waals surface area contributed by atoms with Crippen LogP contribution < -0.4 is 4.74 Å². The lowest BCUT2D eigenvalue weighted by Crippen LogP contribution is -2.54. The second-order valence-electron chi connectivity index (χ2n) is 9.44. The molecule has 0 saturated carbocycles. The van der Waals surface area contributed by atoms with Crippen molar-refractivity contribution in [1.29, 1.82) is 0 Å². The molecule has 2 aromatic carbocycles. The van der Waals surface area contributed by atoms with Crippen molar-refractivity contribution < 1.29 is 14.3 Å². The number of ether oxygens (including phenoxy) is 2. The maximum Gasteiger partial charge on any atom is 0.270 e. The molecular formula is C27H34N2O3. The molecule has 32 heavy (non-hydrogen) atoms. The number of nitrogens with zero attached hydrogens (tertiary/aromatic N) is 1. The van der Waals surface area contributed by atoms with E-state index >= 15 is 0 Å². The topological polar surface area (TPSA) is 54.6 Å². The van der Waals surface area contributed by atoms with Gasteiger partial charge in [0.15, 0.2) is 0 Å². The van der Waals surface area contributed by atoms with E-state index in [0.29, 0.717) is 30.7 Å². The zero-order chi connectivity index (χ0) is 22.9. The van der Waals surface area contributed by atoms with Crippen LogP contribution in [-0.4, -0.2) is 41.1 Å². The fraction of sp³-hybridized carbons (Fsp3) is 0.444. The number of aromatic amines is 1. The molecule has 1 aliphatic rings. The molecule has 5 heteroatoms. The number of likely N-dealkylation sites (tertiary alicyclic amines) is 1. The number of amides is 1. The van der Waals surface area contributed by atoms with Gasteiger partial charge in [-0.1, -0.05) is 64.1 Å². The molecule has 170 valence electrons. The van der Waals surface area contributed by atoms with E-state index < -0.39 is 0 Å². The predicted octanol–water partition coefficient (Wildman–Crippen LogP) is 5.66. The third-order valence-corrected chi connectivity index (χ3v) is 7.09. The van der Waals surface area contributed by atoms with E-state index in [0.717, 1.165) is 28.6 Å². The van der Waals surface area contributed by atoms with Crippen LogP contribution in [0.1, 0.15) is 50.2 Å². The molecule has 0 aliphatic carbocycles. The molecule has 1 aromatic heterocycles. The number of methoxy groups -OCH3 is 1. The van der Waals surface area contributed by atoms with E-state index in [9.17, 15) is 4.79 Å². The fourth-order valence-electron chi connectivity index (χ4n) is 5.41. The maximum atomic E-state index is 13.9. The number of carbonyl (C=O) groups is 1. The van der Waals surface area contributed by atoms with Gasteiger partial charge in [-0.05, 0) is 42.0 Å². The average molecular weight is 435 g/mol. The Morgan fingerprint density at radius 3 is 2.47 bits per heavy atom. The number of nitrogens with one attached hydrogen (secondary N) is 1. The molecule has 0 bridgehead atoms. The third kappa shape index (κ3) is 3.90. The Labute approximate surface area is 190 Å². The standard InChI is InChI=1S/C27H34N2O3/c1-18(2)27(19(3)4)15-21(32-17-20-10-7-6-8-11-20)16-29(27)26(30)24-14-22-23(28-24)12-9-13-25(22)31-5/h6-14,18-19,21,28H,15-17H2,1-5H3. The summed E-state index contributed by atoms with van der Waals surface area (Å²) < 4.78 is 11.8. The first-order valence-electron chi connectivity index (χ1n) is 11.5. The van der Waals surface area contributed by atoms with E-state index in [1.54, 1.807) is 7.11 Å². The van der Waals surface area contributed by atoms with Crippen LogP contribution in [0.15, 0.2) is 54.6 Å². The molecule has 4 rings (SSSR count). The van der Waals surface area contributed by atoms with Crippen molar-refractivity contribution in [1.82, 2.24) is 9.88 Å². The van der Waals surface area contributed by atoms with Gasteiger partial charge in [-0.3, -0.25) is 4.79 Å². The summed E-state index contributed by atoms with van der Waals surface area (Å²) in [5, 5.41) is 0.925. The van der Waals surface area contributed by atoms with Gasteiger partial charge in [0.25, 0.3) is 5.91 Å². The van der Waals surface area contributed by atoms with Gasteiger partial charge in [-0.25, -0.2) is 0 Å². The number of benzene rings is 2. The van der Waals surface area contributed by atoms with Crippen LogP contribution in [0.5, 0.6) is 5.75 Å². The summed E-state index contributed by atoms with van der Waals surface area (Å²) >= 11 is 0. The van der Waals surface area contributed by atoms with Gasteiger partial charge in [0.2, 0.25) is 0 Å². The highest BCUT2D eigenvalue weighted by atomic mass is 16.5. The number of aromatic nitrogens is 1. The smallest absolute Gasteiger partial charge is 0.270 e. The molecule has 0 radical (unpaired) electrons. The van der Waals surface area contributed by atoms with Gasteiger partial charge in [0.1, 0.15) is 11.4 Å². The van der Waals surface area contributed by atoms with Gasteiger partial charge in [-0.2, -0.15) is 0 Å². The van der Waals surface area contributed by atoms with Crippen LogP contribution in [-0.2, 0) is 11.3 Å². The Morgan fingerprint density at radius 2 is 1.81 bits per heavy atom. The first-order chi connectivity index (χ1) is 15.4. The maximum absolute atomic E-state index is 13.9. The molecular weight excluding hydrogens is 400 g/mol. The number of fused-ring (bicyclic) bond motifs is 1. The second-order valence-corrected chi connectivity index (χ2v) is 9.44. The van der Waals surface area contributed by atoms with Crippen molar-refractivity contribution in [3.8, 4) is 5.75 Å². The summed E-state index contributed by atoms with van der Waals surface area (Å²) in [6.45, 7) is 10.0. The van der Waals surface area contributed by atoms with Crippen LogP contribution in [0, 0.1) is 11.8 Å². The van der Waals surface area contributed by atoms with Crippen molar-refractivity contribution >= 4 is 16.8 Å². The summed E-state index contributed by atoms with van der Waals surface area (Å²) in [6.07, 6.45) is 0.840. The quantitative estimate of drug-likeness (QED) is 0.522. The molecule has 1 N–H and O–H groups in total. The molecule has 1 saturated heterocycles. The van der Waals surface area contributed by atoms with E-state index in [2.05, 4.69) is 49.7 Å². The van der Waals surface area contributed by atoms with E-state index in [1.165, 1.54) is 0 Å². The summed E-state index contributed by atoms with van der Waals surface area (Å²) in [7, 11) is 1.65. The number of hydrogen-bond acceptors (Lipinski definition) is 3. The number of carbonyl (C=O) groups excluding carboxylic acids is 1. The monoisotopic (exact) mass is 434 g/mol. The molecule has 1 amide bonds.